The van der Waals surface area contributed by atoms with Gasteiger partial charge < -0.3 is 4.74 Å². The lowest BCUT2D eigenvalue weighted by Crippen LogP contribution is -1.97. The van der Waals surface area contributed by atoms with E-state index in [0.29, 0.717) is 0 Å². The Morgan fingerprint density at radius 3 is 2.55 bits per heavy atom. The SMILES string of the molecule is CN=C/C=C\C=C\[C@@H](C)OC. The third kappa shape index (κ3) is 7.00. The minimum absolute atomic E-state index is 0.179. The maximum Gasteiger partial charge on any atom is 0.0726 e. The highest BCUT2D eigenvalue weighted by molar-refractivity contribution is 5.71. The first-order valence-electron chi connectivity index (χ1n) is 3.59. The summed E-state index contributed by atoms with van der Waals surface area (Å²) in [7, 11) is 3.43. The van der Waals surface area contributed by atoms with Gasteiger partial charge in [-0.25, -0.2) is 0 Å². The summed E-state index contributed by atoms with van der Waals surface area (Å²) < 4.78 is 5.00. The monoisotopic (exact) mass is 153 g/mol. The van der Waals surface area contributed by atoms with Crippen LogP contribution >= 0.6 is 0 Å². The second-order valence-corrected chi connectivity index (χ2v) is 2.12. The predicted molar refractivity (Wildman–Crippen MR) is 49.2 cm³/mol. The molecular weight excluding hydrogens is 138 g/mol. The number of allylic oxidation sites excluding steroid dienone is 3. The molecule has 0 aliphatic rings. The van der Waals surface area contributed by atoms with Crippen molar-refractivity contribution in [3.05, 3.63) is 24.3 Å². The van der Waals surface area contributed by atoms with E-state index >= 15 is 0 Å². The van der Waals surface area contributed by atoms with Crippen LogP contribution in [0.3, 0.4) is 0 Å². The molecule has 0 fully saturated rings. The normalized spacial score (nSPS) is 15.5. The standard InChI is InChI=1S/C9H15NO/c1-9(11-3)7-5-4-6-8-10-2/h4-9H,1-3H3/b6-4-,7-5+,10-8?/t9-/m1/s1. The molecule has 0 aliphatic heterocycles. The lowest BCUT2D eigenvalue weighted by atomic mass is 10.3. The van der Waals surface area contributed by atoms with Gasteiger partial charge in [-0.3, -0.25) is 4.99 Å². The number of hydrogen-bond acceptors (Lipinski definition) is 2. The third-order valence-electron chi connectivity index (χ3n) is 1.21. The molecule has 62 valence electrons. The molecule has 0 aromatic carbocycles. The van der Waals surface area contributed by atoms with E-state index in [4.69, 9.17) is 4.74 Å². The van der Waals surface area contributed by atoms with Crippen LogP contribution in [0.4, 0.5) is 0 Å². The van der Waals surface area contributed by atoms with E-state index in [9.17, 15) is 0 Å². The quantitative estimate of drug-likeness (QED) is 0.446. The van der Waals surface area contributed by atoms with Gasteiger partial charge in [-0.2, -0.15) is 0 Å². The zero-order valence-corrected chi connectivity index (χ0v) is 7.32. The van der Waals surface area contributed by atoms with Crippen molar-refractivity contribution in [1.82, 2.24) is 0 Å². The van der Waals surface area contributed by atoms with Crippen LogP contribution in [0.2, 0.25) is 0 Å². The fourth-order valence-corrected chi connectivity index (χ4v) is 0.499. The van der Waals surface area contributed by atoms with Gasteiger partial charge in [-0.05, 0) is 13.0 Å². The average molecular weight is 153 g/mol. The minimum Gasteiger partial charge on any atom is -0.378 e. The first kappa shape index (κ1) is 10.1. The lowest BCUT2D eigenvalue weighted by Gasteiger charge is -1.99. The number of nitrogens with zero attached hydrogens (tertiary/aromatic N) is 1. The second kappa shape index (κ2) is 7.22. The Morgan fingerprint density at radius 1 is 1.27 bits per heavy atom. The summed E-state index contributed by atoms with van der Waals surface area (Å²) in [5.41, 5.74) is 0. The van der Waals surface area contributed by atoms with Gasteiger partial charge in [0.1, 0.15) is 0 Å². The van der Waals surface area contributed by atoms with Gasteiger partial charge in [-0.15, -0.1) is 0 Å². The van der Waals surface area contributed by atoms with Crippen LogP contribution in [0, 0.1) is 0 Å². The third-order valence-corrected chi connectivity index (χ3v) is 1.21. The van der Waals surface area contributed by atoms with Crippen LogP contribution in [0.5, 0.6) is 0 Å². The number of hydrogen-bond donors (Lipinski definition) is 0. The van der Waals surface area contributed by atoms with Crippen LogP contribution in [0.15, 0.2) is 29.3 Å². The molecule has 0 aromatic heterocycles. The highest BCUT2D eigenvalue weighted by Gasteiger charge is 1.86. The number of rotatable bonds is 4. The van der Waals surface area contributed by atoms with Crippen LogP contribution in [0.1, 0.15) is 6.92 Å². The molecule has 2 heteroatoms. The molecule has 0 rings (SSSR count). The Balaban J connectivity index is 3.58. The molecule has 0 aliphatic carbocycles. The number of aliphatic imine (C=N–C) groups is 1. The van der Waals surface area contributed by atoms with Gasteiger partial charge in [0, 0.05) is 20.4 Å². The fraction of sp³-hybridized carbons (Fsp3) is 0.444. The second-order valence-electron chi connectivity index (χ2n) is 2.12. The molecule has 0 aromatic rings. The van der Waals surface area contributed by atoms with Crippen LogP contribution in [0.25, 0.3) is 0 Å². The van der Waals surface area contributed by atoms with Gasteiger partial charge in [0.05, 0.1) is 6.10 Å². The molecule has 0 spiro atoms. The van der Waals surface area contributed by atoms with Crippen molar-refractivity contribution in [3.8, 4) is 0 Å². The van der Waals surface area contributed by atoms with E-state index in [0.717, 1.165) is 0 Å². The first-order valence-corrected chi connectivity index (χ1v) is 3.59. The smallest absolute Gasteiger partial charge is 0.0726 e. The van der Waals surface area contributed by atoms with Crippen LogP contribution < -0.4 is 0 Å². The Bertz CT molecular complexity index is 159. The van der Waals surface area contributed by atoms with Crippen molar-refractivity contribution in [1.29, 1.82) is 0 Å². The summed E-state index contributed by atoms with van der Waals surface area (Å²) in [6.45, 7) is 1.98. The highest BCUT2D eigenvalue weighted by atomic mass is 16.5. The van der Waals surface area contributed by atoms with Gasteiger partial charge in [-0.1, -0.05) is 18.2 Å². The molecular formula is C9H15NO. The van der Waals surface area contributed by atoms with E-state index in [-0.39, 0.29) is 6.10 Å². The average Bonchev–Trinajstić information content (AvgIpc) is 2.04. The van der Waals surface area contributed by atoms with Crippen LogP contribution in [-0.2, 0) is 4.74 Å². The van der Waals surface area contributed by atoms with Crippen molar-refractivity contribution in [3.63, 3.8) is 0 Å². The molecule has 0 saturated heterocycles. The van der Waals surface area contributed by atoms with Crippen molar-refractivity contribution in [2.45, 2.75) is 13.0 Å². The summed E-state index contributed by atoms with van der Waals surface area (Å²) in [5, 5.41) is 0. The Morgan fingerprint density at radius 2 is 2.00 bits per heavy atom. The van der Waals surface area contributed by atoms with E-state index < -0.39 is 0 Å². The molecule has 0 saturated carbocycles. The van der Waals surface area contributed by atoms with E-state index in [1.165, 1.54) is 0 Å². The van der Waals surface area contributed by atoms with Gasteiger partial charge in [0.15, 0.2) is 0 Å². The highest BCUT2D eigenvalue weighted by Crippen LogP contribution is 1.89. The molecule has 0 radical (unpaired) electrons. The molecule has 0 unspecified atom stereocenters. The first-order chi connectivity index (χ1) is 5.31. The van der Waals surface area contributed by atoms with E-state index in [2.05, 4.69) is 4.99 Å². The number of methoxy groups -OCH3 is 1. The molecule has 0 amide bonds. The maximum absolute atomic E-state index is 5.00. The molecule has 1 atom stereocenters. The summed E-state index contributed by atoms with van der Waals surface area (Å²) in [4.78, 5) is 3.80. The van der Waals surface area contributed by atoms with Crippen molar-refractivity contribution in [2.24, 2.45) is 4.99 Å². The fourth-order valence-electron chi connectivity index (χ4n) is 0.499. The van der Waals surface area contributed by atoms with Gasteiger partial charge >= 0.3 is 0 Å². The van der Waals surface area contributed by atoms with Gasteiger partial charge in [0.2, 0.25) is 0 Å². The van der Waals surface area contributed by atoms with E-state index in [1.54, 1.807) is 20.4 Å². The lowest BCUT2D eigenvalue weighted by molar-refractivity contribution is 0.156. The molecule has 0 heterocycles. The Labute approximate surface area is 68.3 Å². The summed E-state index contributed by atoms with van der Waals surface area (Å²) in [6, 6.07) is 0. The topological polar surface area (TPSA) is 21.6 Å². The largest absolute Gasteiger partial charge is 0.378 e. The number of ether oxygens (including phenoxy) is 1. The maximum atomic E-state index is 5.00. The van der Waals surface area contributed by atoms with Crippen molar-refractivity contribution in [2.75, 3.05) is 14.2 Å². The summed E-state index contributed by atoms with van der Waals surface area (Å²) >= 11 is 0. The predicted octanol–water partition coefficient (Wildman–Crippen LogP) is 1.83. The molecule has 2 nitrogen and oxygen atoms in total. The zero-order valence-electron chi connectivity index (χ0n) is 7.32. The Kier molecular flexibility index (Phi) is 6.64. The summed E-state index contributed by atoms with van der Waals surface area (Å²) in [6.07, 6.45) is 9.62. The summed E-state index contributed by atoms with van der Waals surface area (Å²) in [5.74, 6) is 0. The molecule has 0 N–H and O–H groups in total. The van der Waals surface area contributed by atoms with Gasteiger partial charge in [0.25, 0.3) is 0 Å². The minimum atomic E-state index is 0.179. The van der Waals surface area contributed by atoms with Crippen molar-refractivity contribution < 1.29 is 4.74 Å². The van der Waals surface area contributed by atoms with Crippen molar-refractivity contribution >= 4 is 6.21 Å². The van der Waals surface area contributed by atoms with Crippen LogP contribution in [-0.4, -0.2) is 26.5 Å². The Hall–Kier alpha value is -0.890. The molecule has 0 bridgehead atoms. The molecule has 11 heavy (non-hydrogen) atoms. The van der Waals surface area contributed by atoms with E-state index in [1.807, 2.05) is 31.2 Å². The zero-order chi connectivity index (χ0) is 8.53.